The van der Waals surface area contributed by atoms with E-state index < -0.39 is 0 Å². The lowest BCUT2D eigenvalue weighted by molar-refractivity contribution is -0.118. The van der Waals surface area contributed by atoms with Gasteiger partial charge in [-0.15, -0.1) is 11.8 Å². The van der Waals surface area contributed by atoms with Crippen LogP contribution in [0, 0.1) is 17.2 Å². The molecule has 2 aromatic rings. The molecule has 1 fully saturated rings. The van der Waals surface area contributed by atoms with E-state index in [1.54, 1.807) is 24.0 Å². The van der Waals surface area contributed by atoms with Gasteiger partial charge in [-0.2, -0.15) is 5.26 Å². The standard InChI is InChI=1S/C21H24N4OS/c22-13-19-7-4-10-23-21(19)25-11-8-17(9-12-25)14-24-20(26)16-27-15-18-5-2-1-3-6-18/h1-7,10,17H,8-9,11-12,14-16H2,(H,24,26). The summed E-state index contributed by atoms with van der Waals surface area (Å²) in [6.45, 7) is 2.47. The van der Waals surface area contributed by atoms with Crippen molar-refractivity contribution < 1.29 is 4.79 Å². The molecule has 0 radical (unpaired) electrons. The van der Waals surface area contributed by atoms with Gasteiger partial charge in [0.15, 0.2) is 0 Å². The van der Waals surface area contributed by atoms with Crippen molar-refractivity contribution in [3.8, 4) is 6.07 Å². The van der Waals surface area contributed by atoms with E-state index in [0.717, 1.165) is 44.0 Å². The monoisotopic (exact) mass is 380 g/mol. The molecule has 1 saturated heterocycles. The van der Waals surface area contributed by atoms with Crippen LogP contribution in [0.4, 0.5) is 5.82 Å². The second-order valence-corrected chi connectivity index (χ2v) is 7.68. The number of nitrogens with zero attached hydrogens (tertiary/aromatic N) is 3. The van der Waals surface area contributed by atoms with E-state index in [0.29, 0.717) is 17.2 Å². The Labute approximate surface area is 164 Å². The van der Waals surface area contributed by atoms with Gasteiger partial charge in [0.2, 0.25) is 5.91 Å². The predicted molar refractivity (Wildman–Crippen MR) is 110 cm³/mol. The molecule has 5 nitrogen and oxygen atoms in total. The molecule has 0 saturated carbocycles. The van der Waals surface area contributed by atoms with Crippen LogP contribution in [0.5, 0.6) is 0 Å². The number of nitrogens with one attached hydrogen (secondary N) is 1. The van der Waals surface area contributed by atoms with Gasteiger partial charge in [-0.3, -0.25) is 4.79 Å². The molecule has 140 valence electrons. The van der Waals surface area contributed by atoms with Crippen molar-refractivity contribution in [3.63, 3.8) is 0 Å². The van der Waals surface area contributed by atoms with Crippen LogP contribution < -0.4 is 10.2 Å². The molecule has 1 amide bonds. The first kappa shape index (κ1) is 19.2. The lowest BCUT2D eigenvalue weighted by Gasteiger charge is -2.33. The minimum absolute atomic E-state index is 0.106. The lowest BCUT2D eigenvalue weighted by atomic mass is 9.96. The molecule has 2 heterocycles. The van der Waals surface area contributed by atoms with E-state index in [-0.39, 0.29) is 5.91 Å². The molecule has 0 aliphatic carbocycles. The Bertz CT molecular complexity index is 782. The third-order valence-corrected chi connectivity index (χ3v) is 5.76. The van der Waals surface area contributed by atoms with Gasteiger partial charge in [0, 0.05) is 31.6 Å². The quantitative estimate of drug-likeness (QED) is 0.799. The predicted octanol–water partition coefficient (Wildman–Crippen LogP) is 3.22. The minimum atomic E-state index is 0.106. The highest BCUT2D eigenvalue weighted by molar-refractivity contribution is 7.99. The van der Waals surface area contributed by atoms with E-state index in [1.165, 1.54) is 5.56 Å². The summed E-state index contributed by atoms with van der Waals surface area (Å²) in [7, 11) is 0. The Morgan fingerprint density at radius 1 is 1.22 bits per heavy atom. The van der Waals surface area contributed by atoms with Crippen molar-refractivity contribution in [2.24, 2.45) is 5.92 Å². The lowest BCUT2D eigenvalue weighted by Crippen LogP contribution is -2.39. The fraction of sp³-hybridized carbons (Fsp3) is 0.381. The molecular weight excluding hydrogens is 356 g/mol. The highest BCUT2D eigenvalue weighted by Crippen LogP contribution is 2.23. The number of hydrogen-bond acceptors (Lipinski definition) is 5. The van der Waals surface area contributed by atoms with E-state index in [9.17, 15) is 10.1 Å². The normalized spacial score (nSPS) is 14.6. The zero-order valence-corrected chi connectivity index (χ0v) is 16.1. The summed E-state index contributed by atoms with van der Waals surface area (Å²) in [5, 5.41) is 12.3. The van der Waals surface area contributed by atoms with E-state index >= 15 is 0 Å². The maximum absolute atomic E-state index is 12.1. The van der Waals surface area contributed by atoms with Gasteiger partial charge in [-0.25, -0.2) is 4.98 Å². The highest BCUT2D eigenvalue weighted by atomic mass is 32.2. The Balaban J connectivity index is 1.36. The molecule has 0 unspecified atom stereocenters. The van der Waals surface area contributed by atoms with Gasteiger partial charge >= 0.3 is 0 Å². The molecule has 0 atom stereocenters. The number of anilines is 1. The smallest absolute Gasteiger partial charge is 0.230 e. The second-order valence-electron chi connectivity index (χ2n) is 6.70. The summed E-state index contributed by atoms with van der Waals surface area (Å²) >= 11 is 1.64. The molecule has 27 heavy (non-hydrogen) atoms. The van der Waals surface area contributed by atoms with Crippen molar-refractivity contribution in [2.45, 2.75) is 18.6 Å². The topological polar surface area (TPSA) is 69.0 Å². The molecular formula is C21H24N4OS. The fourth-order valence-electron chi connectivity index (χ4n) is 3.23. The van der Waals surface area contributed by atoms with Crippen LogP contribution in [0.25, 0.3) is 0 Å². The third-order valence-electron chi connectivity index (χ3n) is 4.75. The van der Waals surface area contributed by atoms with Crippen LogP contribution in [-0.4, -0.2) is 36.3 Å². The number of thioether (sulfide) groups is 1. The van der Waals surface area contributed by atoms with Crippen molar-refractivity contribution >= 4 is 23.5 Å². The SMILES string of the molecule is N#Cc1cccnc1N1CCC(CNC(=O)CSCc2ccccc2)CC1. The number of rotatable bonds is 7. The number of amides is 1. The van der Waals surface area contributed by atoms with Gasteiger partial charge in [-0.05, 0) is 36.5 Å². The van der Waals surface area contributed by atoms with Gasteiger partial charge in [-0.1, -0.05) is 30.3 Å². The number of aromatic nitrogens is 1. The number of piperidine rings is 1. The first-order chi connectivity index (χ1) is 13.3. The number of hydrogen-bond donors (Lipinski definition) is 1. The highest BCUT2D eigenvalue weighted by Gasteiger charge is 2.22. The van der Waals surface area contributed by atoms with Crippen molar-refractivity contribution in [1.82, 2.24) is 10.3 Å². The van der Waals surface area contributed by atoms with Crippen LogP contribution in [0.3, 0.4) is 0 Å². The molecule has 0 bridgehead atoms. The van der Waals surface area contributed by atoms with Crippen LogP contribution in [0.15, 0.2) is 48.7 Å². The maximum atomic E-state index is 12.1. The zero-order valence-electron chi connectivity index (χ0n) is 15.3. The second kappa shape index (κ2) is 9.98. The van der Waals surface area contributed by atoms with Crippen LogP contribution in [-0.2, 0) is 10.5 Å². The van der Waals surface area contributed by atoms with Gasteiger partial charge in [0.25, 0.3) is 0 Å². The van der Waals surface area contributed by atoms with Crippen LogP contribution in [0.2, 0.25) is 0 Å². The largest absolute Gasteiger partial charge is 0.356 e. The molecule has 1 aliphatic rings. The van der Waals surface area contributed by atoms with Gasteiger partial charge in [0.1, 0.15) is 11.9 Å². The number of pyridine rings is 1. The average Bonchev–Trinajstić information content (AvgIpc) is 2.73. The number of carbonyl (C=O) groups is 1. The van der Waals surface area contributed by atoms with Crippen LogP contribution in [0.1, 0.15) is 24.0 Å². The van der Waals surface area contributed by atoms with Crippen molar-refractivity contribution in [3.05, 3.63) is 59.8 Å². The zero-order chi connectivity index (χ0) is 18.9. The molecule has 1 aromatic carbocycles. The molecule has 1 aliphatic heterocycles. The summed E-state index contributed by atoms with van der Waals surface area (Å²) < 4.78 is 0. The van der Waals surface area contributed by atoms with Crippen molar-refractivity contribution in [1.29, 1.82) is 5.26 Å². The van der Waals surface area contributed by atoms with E-state index in [4.69, 9.17) is 0 Å². The van der Waals surface area contributed by atoms with Crippen LogP contribution >= 0.6 is 11.8 Å². The first-order valence-corrected chi connectivity index (χ1v) is 10.4. The summed E-state index contributed by atoms with van der Waals surface area (Å²) in [5.74, 6) is 2.72. The third kappa shape index (κ3) is 5.73. The molecule has 3 rings (SSSR count). The minimum Gasteiger partial charge on any atom is -0.356 e. The molecule has 0 spiro atoms. The Hall–Kier alpha value is -2.52. The summed E-state index contributed by atoms with van der Waals surface area (Å²) in [4.78, 5) is 18.6. The fourth-order valence-corrected chi connectivity index (χ4v) is 4.05. The number of nitriles is 1. The van der Waals surface area contributed by atoms with Gasteiger partial charge < -0.3 is 10.2 Å². The molecule has 6 heteroatoms. The molecule has 1 aromatic heterocycles. The average molecular weight is 381 g/mol. The van der Waals surface area contributed by atoms with Gasteiger partial charge in [0.05, 0.1) is 11.3 Å². The number of carbonyl (C=O) groups excluding carboxylic acids is 1. The molecule has 1 N–H and O–H groups in total. The summed E-state index contributed by atoms with van der Waals surface area (Å²) in [6.07, 6.45) is 3.73. The maximum Gasteiger partial charge on any atom is 0.230 e. The summed E-state index contributed by atoms with van der Waals surface area (Å²) in [6, 6.07) is 16.0. The Morgan fingerprint density at radius 2 is 2.00 bits per heavy atom. The number of benzene rings is 1. The van der Waals surface area contributed by atoms with E-state index in [1.807, 2.05) is 24.3 Å². The Morgan fingerprint density at radius 3 is 2.74 bits per heavy atom. The van der Waals surface area contributed by atoms with E-state index in [2.05, 4.69) is 33.4 Å². The first-order valence-electron chi connectivity index (χ1n) is 9.24. The van der Waals surface area contributed by atoms with Crippen molar-refractivity contribution in [2.75, 3.05) is 30.3 Å². The summed E-state index contributed by atoms with van der Waals surface area (Å²) in [5.41, 5.74) is 1.87. The Kier molecular flexibility index (Phi) is 7.11.